The maximum Gasteiger partial charge on any atom is 0.147 e. The summed E-state index contributed by atoms with van der Waals surface area (Å²) in [6.07, 6.45) is 2.92. The average molecular weight is 173 g/mol. The van der Waals surface area contributed by atoms with E-state index in [1.165, 1.54) is 12.8 Å². The van der Waals surface area contributed by atoms with Gasteiger partial charge in [0.2, 0.25) is 0 Å². The summed E-state index contributed by atoms with van der Waals surface area (Å²) in [6.45, 7) is 4.25. The van der Waals surface area contributed by atoms with E-state index >= 15 is 0 Å². The highest BCUT2D eigenvalue weighted by atomic mass is 16.7. The molecule has 0 aliphatic heterocycles. The third kappa shape index (κ3) is 4.70. The van der Waals surface area contributed by atoms with Crippen LogP contribution in [-0.4, -0.2) is 33.1 Å². The van der Waals surface area contributed by atoms with Gasteiger partial charge in [0.25, 0.3) is 0 Å². The van der Waals surface area contributed by atoms with Crippen LogP contribution >= 0.6 is 0 Å². The molecular weight excluding hydrogens is 154 g/mol. The van der Waals surface area contributed by atoms with Crippen molar-refractivity contribution in [3.63, 3.8) is 0 Å². The molecule has 0 radical (unpaired) electrons. The van der Waals surface area contributed by atoms with Crippen molar-refractivity contribution in [3.05, 3.63) is 0 Å². The Morgan fingerprint density at radius 2 is 2.25 bits per heavy atom. The summed E-state index contributed by atoms with van der Waals surface area (Å²) in [7, 11) is 1.92. The van der Waals surface area contributed by atoms with Gasteiger partial charge in [0.1, 0.15) is 6.79 Å². The first-order valence-electron chi connectivity index (χ1n) is 4.67. The monoisotopic (exact) mass is 173 g/mol. The molecule has 1 aliphatic rings. The van der Waals surface area contributed by atoms with Gasteiger partial charge in [-0.25, -0.2) is 0 Å². The molecule has 1 unspecified atom stereocenters. The third-order valence-corrected chi connectivity index (χ3v) is 1.98. The average Bonchev–Trinajstić information content (AvgIpc) is 2.82. The van der Waals surface area contributed by atoms with Gasteiger partial charge in [0.05, 0.1) is 12.7 Å². The predicted octanol–water partition coefficient (Wildman–Crippen LogP) is 0.995. The van der Waals surface area contributed by atoms with Crippen molar-refractivity contribution in [1.29, 1.82) is 0 Å². The SMILES string of the molecule is CNCC(C)OCOCC1CC1. The summed E-state index contributed by atoms with van der Waals surface area (Å²) in [5, 5.41) is 3.05. The number of ether oxygens (including phenoxy) is 2. The Morgan fingerprint density at radius 1 is 1.50 bits per heavy atom. The van der Waals surface area contributed by atoms with Crippen LogP contribution in [0.25, 0.3) is 0 Å². The van der Waals surface area contributed by atoms with Gasteiger partial charge >= 0.3 is 0 Å². The summed E-state index contributed by atoms with van der Waals surface area (Å²) in [5.41, 5.74) is 0. The summed E-state index contributed by atoms with van der Waals surface area (Å²) in [4.78, 5) is 0. The summed E-state index contributed by atoms with van der Waals surface area (Å²) < 4.78 is 10.7. The van der Waals surface area contributed by atoms with E-state index < -0.39 is 0 Å². The smallest absolute Gasteiger partial charge is 0.147 e. The van der Waals surface area contributed by atoms with E-state index in [1.54, 1.807) is 0 Å². The number of hydrogen-bond donors (Lipinski definition) is 1. The quantitative estimate of drug-likeness (QED) is 0.460. The molecule has 0 bridgehead atoms. The predicted molar refractivity (Wildman–Crippen MR) is 48.0 cm³/mol. The summed E-state index contributed by atoms with van der Waals surface area (Å²) in [6, 6.07) is 0. The van der Waals surface area contributed by atoms with Gasteiger partial charge in [-0.05, 0) is 32.7 Å². The molecule has 0 aromatic rings. The van der Waals surface area contributed by atoms with Gasteiger partial charge in [-0.1, -0.05) is 0 Å². The first kappa shape index (κ1) is 9.96. The van der Waals surface area contributed by atoms with Crippen molar-refractivity contribution in [2.45, 2.75) is 25.9 Å². The van der Waals surface area contributed by atoms with Crippen molar-refractivity contribution < 1.29 is 9.47 Å². The normalized spacial score (nSPS) is 19.5. The standard InChI is InChI=1S/C9H19NO2/c1-8(5-10-2)12-7-11-6-9-3-4-9/h8-10H,3-7H2,1-2H3. The minimum atomic E-state index is 0.245. The first-order valence-corrected chi connectivity index (χ1v) is 4.67. The molecule has 1 aliphatic carbocycles. The Morgan fingerprint density at radius 3 is 2.83 bits per heavy atom. The minimum absolute atomic E-state index is 0.245. The molecule has 0 spiro atoms. The Labute approximate surface area is 74.4 Å². The number of likely N-dealkylation sites (N-methyl/N-ethyl adjacent to an activating group) is 1. The molecule has 0 aromatic heterocycles. The first-order chi connectivity index (χ1) is 5.83. The van der Waals surface area contributed by atoms with Crippen molar-refractivity contribution in [1.82, 2.24) is 5.32 Å². The lowest BCUT2D eigenvalue weighted by Crippen LogP contribution is -2.24. The summed E-state index contributed by atoms with van der Waals surface area (Å²) in [5.74, 6) is 0.827. The van der Waals surface area contributed by atoms with Gasteiger partial charge in [-0.15, -0.1) is 0 Å². The Bertz CT molecular complexity index is 115. The molecule has 12 heavy (non-hydrogen) atoms. The Hall–Kier alpha value is -0.120. The molecule has 1 atom stereocenters. The second kappa shape index (κ2) is 5.51. The molecule has 0 amide bonds. The molecule has 0 heterocycles. The van der Waals surface area contributed by atoms with Crippen molar-refractivity contribution in [2.75, 3.05) is 27.0 Å². The van der Waals surface area contributed by atoms with E-state index in [-0.39, 0.29) is 6.10 Å². The zero-order valence-electron chi connectivity index (χ0n) is 8.01. The van der Waals surface area contributed by atoms with E-state index in [1.807, 2.05) is 14.0 Å². The topological polar surface area (TPSA) is 30.5 Å². The lowest BCUT2D eigenvalue weighted by Gasteiger charge is -2.12. The molecule has 72 valence electrons. The molecule has 1 saturated carbocycles. The second-order valence-electron chi connectivity index (χ2n) is 3.47. The summed E-state index contributed by atoms with van der Waals surface area (Å²) >= 11 is 0. The van der Waals surface area contributed by atoms with Crippen LogP contribution in [0.1, 0.15) is 19.8 Å². The van der Waals surface area contributed by atoms with Crippen molar-refractivity contribution >= 4 is 0 Å². The Kier molecular flexibility index (Phi) is 4.58. The molecule has 0 aromatic carbocycles. The van der Waals surface area contributed by atoms with Crippen LogP contribution < -0.4 is 5.32 Å². The van der Waals surface area contributed by atoms with Crippen LogP contribution in [-0.2, 0) is 9.47 Å². The van der Waals surface area contributed by atoms with E-state index in [0.717, 1.165) is 19.1 Å². The molecule has 3 nitrogen and oxygen atoms in total. The van der Waals surface area contributed by atoms with E-state index in [0.29, 0.717) is 6.79 Å². The molecule has 1 N–H and O–H groups in total. The molecule has 0 saturated heterocycles. The number of hydrogen-bond acceptors (Lipinski definition) is 3. The van der Waals surface area contributed by atoms with Crippen LogP contribution in [0.2, 0.25) is 0 Å². The fourth-order valence-corrected chi connectivity index (χ4v) is 1.01. The van der Waals surface area contributed by atoms with Gasteiger partial charge in [-0.2, -0.15) is 0 Å². The number of nitrogens with one attached hydrogen (secondary N) is 1. The molecule has 3 heteroatoms. The van der Waals surface area contributed by atoms with Crippen LogP contribution in [0, 0.1) is 5.92 Å². The fraction of sp³-hybridized carbons (Fsp3) is 1.00. The van der Waals surface area contributed by atoms with Crippen LogP contribution in [0.3, 0.4) is 0 Å². The molecule has 1 fully saturated rings. The second-order valence-corrected chi connectivity index (χ2v) is 3.47. The van der Waals surface area contributed by atoms with E-state index in [9.17, 15) is 0 Å². The highest BCUT2D eigenvalue weighted by Gasteiger charge is 2.21. The van der Waals surface area contributed by atoms with Gasteiger partial charge < -0.3 is 14.8 Å². The minimum Gasteiger partial charge on any atom is -0.355 e. The van der Waals surface area contributed by atoms with Crippen LogP contribution in [0.5, 0.6) is 0 Å². The number of rotatable bonds is 7. The van der Waals surface area contributed by atoms with E-state index in [2.05, 4.69) is 5.32 Å². The van der Waals surface area contributed by atoms with Gasteiger partial charge in [0.15, 0.2) is 0 Å². The van der Waals surface area contributed by atoms with Crippen LogP contribution in [0.4, 0.5) is 0 Å². The highest BCUT2D eigenvalue weighted by molar-refractivity contribution is 4.71. The largest absolute Gasteiger partial charge is 0.355 e. The van der Waals surface area contributed by atoms with Crippen molar-refractivity contribution in [3.8, 4) is 0 Å². The maximum absolute atomic E-state index is 5.38. The van der Waals surface area contributed by atoms with Crippen molar-refractivity contribution in [2.24, 2.45) is 5.92 Å². The molecular formula is C9H19NO2. The zero-order chi connectivity index (χ0) is 8.81. The lowest BCUT2D eigenvalue weighted by atomic mass is 10.4. The molecule has 1 rings (SSSR count). The lowest BCUT2D eigenvalue weighted by molar-refractivity contribution is -0.0851. The fourth-order valence-electron chi connectivity index (χ4n) is 1.01. The highest BCUT2D eigenvalue weighted by Crippen LogP contribution is 2.28. The van der Waals surface area contributed by atoms with E-state index in [4.69, 9.17) is 9.47 Å². The van der Waals surface area contributed by atoms with Crippen LogP contribution in [0.15, 0.2) is 0 Å². The van der Waals surface area contributed by atoms with Gasteiger partial charge in [0, 0.05) is 6.54 Å². The maximum atomic E-state index is 5.38. The zero-order valence-corrected chi connectivity index (χ0v) is 8.01. The Balaban J connectivity index is 1.80. The van der Waals surface area contributed by atoms with Gasteiger partial charge in [-0.3, -0.25) is 0 Å². The third-order valence-electron chi connectivity index (χ3n) is 1.98.